The maximum atomic E-state index is 12.7. The van der Waals surface area contributed by atoms with Crippen molar-refractivity contribution in [3.05, 3.63) is 56.3 Å². The van der Waals surface area contributed by atoms with Crippen LogP contribution >= 0.6 is 0 Å². The monoisotopic (exact) mass is 612 g/mol. The summed E-state index contributed by atoms with van der Waals surface area (Å²) in [5.74, 6) is -6.58. The Kier molecular flexibility index (Phi) is 20.4. The van der Waals surface area contributed by atoms with Crippen LogP contribution in [0.4, 0.5) is 4.79 Å². The molecule has 2 rings (SSSR count). The number of hydrogen-bond acceptors (Lipinski definition) is 10. The zero-order valence-corrected chi connectivity index (χ0v) is 30.4. The van der Waals surface area contributed by atoms with Gasteiger partial charge < -0.3 is 29.5 Å². The van der Waals surface area contributed by atoms with Crippen molar-refractivity contribution in [1.82, 2.24) is 18.9 Å². The molecule has 0 aromatic carbocycles. The first kappa shape index (κ1) is 42.4. The first-order valence-corrected chi connectivity index (χ1v) is 12.1. The third kappa shape index (κ3) is 10.8. The van der Waals surface area contributed by atoms with Gasteiger partial charge in [0.2, 0.25) is 0 Å². The summed E-state index contributed by atoms with van der Waals surface area (Å²) in [4.78, 5) is 86.3. The van der Waals surface area contributed by atoms with E-state index in [-0.39, 0.29) is 102 Å². The molecule has 0 spiro atoms. The van der Waals surface area contributed by atoms with Gasteiger partial charge in [-0.3, -0.25) is 28.8 Å². The van der Waals surface area contributed by atoms with Gasteiger partial charge in [-0.1, -0.05) is 44.9 Å². The maximum absolute atomic E-state index is 12.7. The molecule has 2 heterocycles. The number of nitrogens with zero attached hydrogens (tertiary/aromatic N) is 4. The Labute approximate surface area is 307 Å². The van der Waals surface area contributed by atoms with Gasteiger partial charge in [-0.2, -0.15) is 0 Å². The van der Waals surface area contributed by atoms with Crippen LogP contribution in [-0.2, 0) is 32.3 Å². The number of imide groups is 2. The average Bonchev–Trinajstić information content (AvgIpc) is 2.87. The summed E-state index contributed by atoms with van der Waals surface area (Å²) in [6.07, 6.45) is 7.75. The Morgan fingerprint density at radius 1 is 0.738 bits per heavy atom. The molecule has 1 saturated heterocycles. The fraction of sp³-hybridized carbons (Fsp3) is 0.400. The van der Waals surface area contributed by atoms with Gasteiger partial charge in [-0.15, -0.1) is 0 Å². The molecular formula is C25H27N4Na3O10. The predicted molar refractivity (Wildman–Crippen MR) is 129 cm³/mol. The van der Waals surface area contributed by atoms with Gasteiger partial charge in [0, 0.05) is 18.7 Å². The second-order valence-electron chi connectivity index (χ2n) is 8.45. The number of carbonyl (C=O) groups excluding carboxylic acids is 5. The molecule has 0 atom stereocenters. The zero-order valence-electron chi connectivity index (χ0n) is 24.4. The second kappa shape index (κ2) is 20.3. The standard InChI is InChI=1S/C25H30N4O10.3Na/c1-3-5-12-26-20(34)16(22(36)28(24(26)38)14-18(30)31)10-8-7-9-11-17-21(35)27(13-6-4-2)25(39)29(23(17)37)15-19(32)33;;;/h7-11,36H,3-6,12-15H2,1-2H3,(H,30,31)(H,32,33);;;/q;3*+1/p-3. The van der Waals surface area contributed by atoms with Crippen LogP contribution in [0.15, 0.2) is 39.5 Å². The van der Waals surface area contributed by atoms with Crippen molar-refractivity contribution >= 4 is 35.9 Å². The first-order chi connectivity index (χ1) is 18.5. The van der Waals surface area contributed by atoms with E-state index in [1.54, 1.807) is 0 Å². The van der Waals surface area contributed by atoms with Crippen molar-refractivity contribution in [1.29, 1.82) is 0 Å². The number of carbonyl (C=O) groups is 5. The summed E-state index contributed by atoms with van der Waals surface area (Å²) in [5.41, 5.74) is -2.98. The SMILES string of the molecule is CCCCN1C(=O)C(=CC=CC=Cc2c([O-])n(CC(=O)[O-])c(=O)n(CCCC)c2=O)C(=O)N(CC(=O)[O-])C1=O.[Na+].[Na+].[Na+]. The molecule has 0 radical (unpaired) electrons. The summed E-state index contributed by atoms with van der Waals surface area (Å²) in [6, 6.07) is -1.07. The molecule has 17 heteroatoms. The molecule has 0 aliphatic carbocycles. The van der Waals surface area contributed by atoms with Crippen LogP contribution in [0.25, 0.3) is 6.08 Å². The summed E-state index contributed by atoms with van der Waals surface area (Å²) < 4.78 is 1.14. The Hall–Kier alpha value is -1.75. The molecule has 0 bridgehead atoms. The largest absolute Gasteiger partial charge is 1.00 e. The van der Waals surface area contributed by atoms with E-state index < -0.39 is 71.1 Å². The van der Waals surface area contributed by atoms with Crippen LogP contribution in [0.5, 0.6) is 5.88 Å². The number of unbranched alkanes of at least 4 members (excludes halogenated alkanes) is 2. The van der Waals surface area contributed by atoms with Crippen molar-refractivity contribution in [3.8, 4) is 5.88 Å². The van der Waals surface area contributed by atoms with E-state index in [1.807, 2.05) is 13.8 Å². The van der Waals surface area contributed by atoms with E-state index in [1.165, 1.54) is 18.2 Å². The Bertz CT molecular complexity index is 1380. The molecule has 1 aromatic heterocycles. The molecule has 1 fully saturated rings. The Balaban J connectivity index is 0. The van der Waals surface area contributed by atoms with Gasteiger partial charge in [0.25, 0.3) is 17.4 Å². The van der Waals surface area contributed by atoms with Crippen LogP contribution in [-0.4, -0.2) is 61.8 Å². The van der Waals surface area contributed by atoms with Crippen molar-refractivity contribution in [2.75, 3.05) is 13.1 Å². The predicted octanol–water partition coefficient (Wildman–Crippen LogP) is -11.5. The minimum atomic E-state index is -1.70. The number of allylic oxidation sites excluding steroid dienone is 4. The normalized spacial score (nSPS) is 14.2. The van der Waals surface area contributed by atoms with Crippen LogP contribution in [0.1, 0.15) is 45.1 Å². The van der Waals surface area contributed by atoms with E-state index >= 15 is 0 Å². The van der Waals surface area contributed by atoms with Crippen molar-refractivity contribution in [3.63, 3.8) is 0 Å². The van der Waals surface area contributed by atoms with E-state index in [4.69, 9.17) is 0 Å². The molecule has 0 saturated carbocycles. The topological polar surface area (TPSA) is 205 Å². The summed E-state index contributed by atoms with van der Waals surface area (Å²) in [6.45, 7) is 1.45. The van der Waals surface area contributed by atoms with Crippen LogP contribution in [0.3, 0.4) is 0 Å². The third-order valence-electron chi connectivity index (χ3n) is 5.62. The third-order valence-corrected chi connectivity index (χ3v) is 5.62. The molecule has 1 aliphatic rings. The van der Waals surface area contributed by atoms with Gasteiger partial charge in [0.15, 0.2) is 0 Å². The number of aromatic nitrogens is 2. The molecule has 42 heavy (non-hydrogen) atoms. The average molecular weight is 612 g/mol. The number of carboxylic acids is 2. The van der Waals surface area contributed by atoms with Crippen molar-refractivity contribution in [2.45, 2.75) is 52.6 Å². The van der Waals surface area contributed by atoms with Crippen molar-refractivity contribution < 1.29 is 128 Å². The molecular weight excluding hydrogens is 585 g/mol. The number of hydrogen-bond donors (Lipinski definition) is 0. The minimum absolute atomic E-state index is 0. The van der Waals surface area contributed by atoms with Gasteiger partial charge in [-0.05, 0) is 30.9 Å². The quantitative estimate of drug-likeness (QED) is 0.0890. The fourth-order valence-corrected chi connectivity index (χ4v) is 3.62. The summed E-state index contributed by atoms with van der Waals surface area (Å²) in [5, 5.41) is 34.7. The number of barbiturate groups is 1. The van der Waals surface area contributed by atoms with Crippen molar-refractivity contribution in [2.24, 2.45) is 0 Å². The summed E-state index contributed by atoms with van der Waals surface area (Å²) >= 11 is 0. The van der Waals surface area contributed by atoms with Gasteiger partial charge in [-0.25, -0.2) is 9.59 Å². The van der Waals surface area contributed by atoms with Gasteiger partial charge in [0.1, 0.15) is 5.57 Å². The Morgan fingerprint density at radius 3 is 1.83 bits per heavy atom. The Morgan fingerprint density at radius 2 is 1.29 bits per heavy atom. The molecule has 1 aromatic rings. The number of rotatable bonds is 13. The molecule has 1 aliphatic heterocycles. The van der Waals surface area contributed by atoms with E-state index in [0.717, 1.165) is 21.6 Å². The van der Waals surface area contributed by atoms with Crippen LogP contribution in [0, 0.1) is 0 Å². The molecule has 4 amide bonds. The number of urea groups is 1. The fourth-order valence-electron chi connectivity index (χ4n) is 3.62. The van der Waals surface area contributed by atoms with Gasteiger partial charge >= 0.3 is 100 Å². The molecule has 210 valence electrons. The molecule has 14 nitrogen and oxygen atoms in total. The molecule has 0 unspecified atom stereocenters. The number of amides is 4. The maximum Gasteiger partial charge on any atom is 1.00 e. The number of carboxylic acid groups (broad SMARTS) is 2. The number of aliphatic carboxylic acids is 2. The van der Waals surface area contributed by atoms with Crippen LogP contribution in [0.2, 0.25) is 0 Å². The minimum Gasteiger partial charge on any atom is -0.859 e. The van der Waals surface area contributed by atoms with E-state index in [0.29, 0.717) is 35.2 Å². The first-order valence-electron chi connectivity index (χ1n) is 12.1. The summed E-state index contributed by atoms with van der Waals surface area (Å²) in [7, 11) is 0. The zero-order chi connectivity index (χ0) is 29.3. The molecule has 0 N–H and O–H groups in total. The smallest absolute Gasteiger partial charge is 0.859 e. The van der Waals surface area contributed by atoms with E-state index in [2.05, 4.69) is 0 Å². The van der Waals surface area contributed by atoms with Crippen LogP contribution < -0.4 is 115 Å². The van der Waals surface area contributed by atoms with Gasteiger partial charge in [0.05, 0.1) is 25.0 Å². The second-order valence-corrected chi connectivity index (χ2v) is 8.45. The van der Waals surface area contributed by atoms with E-state index in [9.17, 15) is 48.9 Å².